The van der Waals surface area contributed by atoms with Gasteiger partial charge in [0.05, 0.1) is 0 Å². The molecule has 2 nitrogen and oxygen atoms in total. The van der Waals surface area contributed by atoms with E-state index in [1.165, 1.54) is 0 Å². The predicted molar refractivity (Wildman–Crippen MR) is 52.5 cm³/mol. The summed E-state index contributed by atoms with van der Waals surface area (Å²) in [6, 6.07) is 0.174. The molecule has 3 heteroatoms. The molecule has 0 rings (SSSR count). The highest BCUT2D eigenvalue weighted by Gasteiger charge is 2.27. The third-order valence-electron chi connectivity index (χ3n) is 2.29. The molecule has 0 heterocycles. The highest BCUT2D eigenvalue weighted by molar-refractivity contribution is 6.62. The monoisotopic (exact) mass is 191 g/mol. The quantitative estimate of drug-likeness (QED) is 0.485. The first-order chi connectivity index (χ1) is 5.30. The van der Waals surface area contributed by atoms with Gasteiger partial charge in [-0.2, -0.15) is 0 Å². The minimum atomic E-state index is -0.361. The minimum Gasteiger partial charge on any atom is -0.326 e. The maximum absolute atomic E-state index is 11.0. The van der Waals surface area contributed by atoms with E-state index in [0.29, 0.717) is 6.54 Å². The number of carbonyl (C=O) groups is 1. The number of rotatable bonds is 2. The summed E-state index contributed by atoms with van der Waals surface area (Å²) in [5, 5.41) is -0.361. The Labute approximate surface area is 79.9 Å². The molecule has 0 aliphatic carbocycles. The normalized spacial score (nSPS) is 14.2. The van der Waals surface area contributed by atoms with E-state index in [0.717, 1.165) is 0 Å². The number of nitrogens with zero attached hydrogens (tertiary/aromatic N) is 1. The topological polar surface area (TPSA) is 20.3 Å². The van der Waals surface area contributed by atoms with Crippen LogP contribution in [-0.4, -0.2) is 22.9 Å². The second-order valence-electron chi connectivity index (χ2n) is 4.08. The van der Waals surface area contributed by atoms with Crippen molar-refractivity contribution in [1.82, 2.24) is 4.90 Å². The van der Waals surface area contributed by atoms with Crippen LogP contribution in [0.2, 0.25) is 0 Å². The van der Waals surface area contributed by atoms with Crippen LogP contribution in [0.25, 0.3) is 0 Å². The Kier molecular flexibility index (Phi) is 4.04. The Morgan fingerprint density at radius 2 is 1.92 bits per heavy atom. The largest absolute Gasteiger partial charge is 0.326 e. The van der Waals surface area contributed by atoms with Crippen LogP contribution < -0.4 is 0 Å². The molecule has 0 bridgehead atoms. The number of carbonyl (C=O) groups excluding carboxylic acids is 1. The summed E-state index contributed by atoms with van der Waals surface area (Å²) >= 11 is 5.43. The molecule has 0 fully saturated rings. The van der Waals surface area contributed by atoms with Crippen molar-refractivity contribution in [3.63, 3.8) is 0 Å². The van der Waals surface area contributed by atoms with E-state index in [9.17, 15) is 4.79 Å². The van der Waals surface area contributed by atoms with Crippen LogP contribution in [0.4, 0.5) is 4.79 Å². The van der Waals surface area contributed by atoms with E-state index in [4.69, 9.17) is 11.6 Å². The van der Waals surface area contributed by atoms with Crippen molar-refractivity contribution >= 4 is 17.0 Å². The van der Waals surface area contributed by atoms with Gasteiger partial charge in [0.1, 0.15) is 0 Å². The van der Waals surface area contributed by atoms with Gasteiger partial charge in [-0.15, -0.1) is 0 Å². The SMILES string of the molecule is CCN(C(=O)Cl)C(C)C(C)(C)C. The van der Waals surface area contributed by atoms with Crippen molar-refractivity contribution in [2.24, 2.45) is 5.41 Å². The fourth-order valence-electron chi connectivity index (χ4n) is 1.02. The van der Waals surface area contributed by atoms with Crippen molar-refractivity contribution in [2.75, 3.05) is 6.54 Å². The zero-order chi connectivity index (χ0) is 9.94. The van der Waals surface area contributed by atoms with Crippen LogP contribution in [0, 0.1) is 5.41 Å². The predicted octanol–water partition coefficient (Wildman–Crippen LogP) is 3.10. The summed E-state index contributed by atoms with van der Waals surface area (Å²) in [6.07, 6.45) is 0. The highest BCUT2D eigenvalue weighted by atomic mass is 35.5. The molecule has 0 aromatic heterocycles. The maximum atomic E-state index is 11.0. The summed E-state index contributed by atoms with van der Waals surface area (Å²) in [5.74, 6) is 0. The fraction of sp³-hybridized carbons (Fsp3) is 0.889. The standard InChI is InChI=1S/C9H18ClNO/c1-6-11(8(10)12)7(2)9(3,4)5/h7H,6H2,1-5H3. The zero-order valence-electron chi connectivity index (χ0n) is 8.52. The van der Waals surface area contributed by atoms with Crippen LogP contribution in [0.15, 0.2) is 0 Å². The molecule has 0 N–H and O–H groups in total. The molecule has 12 heavy (non-hydrogen) atoms. The van der Waals surface area contributed by atoms with Crippen molar-refractivity contribution in [3.05, 3.63) is 0 Å². The first-order valence-corrected chi connectivity index (χ1v) is 4.64. The first kappa shape index (κ1) is 11.8. The fourth-order valence-corrected chi connectivity index (χ4v) is 1.28. The summed E-state index contributed by atoms with van der Waals surface area (Å²) in [5.41, 5.74) is 0.0839. The van der Waals surface area contributed by atoms with Gasteiger partial charge in [-0.1, -0.05) is 20.8 Å². The average Bonchev–Trinajstić information content (AvgIpc) is 1.86. The number of hydrogen-bond acceptors (Lipinski definition) is 1. The van der Waals surface area contributed by atoms with Crippen molar-refractivity contribution < 1.29 is 4.79 Å². The zero-order valence-corrected chi connectivity index (χ0v) is 9.27. The molecule has 0 radical (unpaired) electrons. The molecular formula is C9H18ClNO. The number of halogens is 1. The van der Waals surface area contributed by atoms with E-state index in [2.05, 4.69) is 20.8 Å². The highest BCUT2D eigenvalue weighted by Crippen LogP contribution is 2.24. The lowest BCUT2D eigenvalue weighted by atomic mass is 9.87. The summed E-state index contributed by atoms with van der Waals surface area (Å²) in [6.45, 7) is 10.9. The molecule has 0 spiro atoms. The molecule has 0 saturated heterocycles. The molecule has 0 aromatic rings. The van der Waals surface area contributed by atoms with E-state index >= 15 is 0 Å². The van der Waals surface area contributed by atoms with Crippen molar-refractivity contribution in [2.45, 2.75) is 40.7 Å². The molecule has 72 valence electrons. The van der Waals surface area contributed by atoms with Gasteiger partial charge in [0.2, 0.25) is 0 Å². The smallest absolute Gasteiger partial charge is 0.316 e. The van der Waals surface area contributed by atoms with E-state index in [-0.39, 0.29) is 16.8 Å². The van der Waals surface area contributed by atoms with Crippen molar-refractivity contribution in [3.8, 4) is 0 Å². The lowest BCUT2D eigenvalue weighted by molar-refractivity contribution is 0.148. The number of amides is 1. The van der Waals surface area contributed by atoms with Gasteiger partial charge < -0.3 is 4.90 Å². The van der Waals surface area contributed by atoms with Gasteiger partial charge in [0, 0.05) is 12.6 Å². The third-order valence-corrected chi connectivity index (χ3v) is 2.50. The van der Waals surface area contributed by atoms with Gasteiger partial charge >= 0.3 is 5.37 Å². The molecule has 0 aromatic carbocycles. The first-order valence-electron chi connectivity index (χ1n) is 4.26. The van der Waals surface area contributed by atoms with Gasteiger partial charge in [-0.25, -0.2) is 0 Å². The van der Waals surface area contributed by atoms with Gasteiger partial charge in [-0.3, -0.25) is 4.79 Å². The third kappa shape index (κ3) is 3.02. The molecular weight excluding hydrogens is 174 g/mol. The molecule has 1 unspecified atom stereocenters. The van der Waals surface area contributed by atoms with Gasteiger partial charge in [0.25, 0.3) is 0 Å². The average molecular weight is 192 g/mol. The van der Waals surface area contributed by atoms with E-state index < -0.39 is 0 Å². The summed E-state index contributed by atoms with van der Waals surface area (Å²) in [4.78, 5) is 12.6. The maximum Gasteiger partial charge on any atom is 0.316 e. The Balaban J connectivity index is 4.42. The summed E-state index contributed by atoms with van der Waals surface area (Å²) in [7, 11) is 0. The summed E-state index contributed by atoms with van der Waals surface area (Å²) < 4.78 is 0. The Bertz CT molecular complexity index is 162. The minimum absolute atomic E-state index is 0.0839. The van der Waals surface area contributed by atoms with Crippen LogP contribution in [0.1, 0.15) is 34.6 Å². The van der Waals surface area contributed by atoms with Crippen LogP contribution in [0.3, 0.4) is 0 Å². The van der Waals surface area contributed by atoms with Gasteiger partial charge in [0.15, 0.2) is 0 Å². The van der Waals surface area contributed by atoms with Crippen molar-refractivity contribution in [1.29, 1.82) is 0 Å². The van der Waals surface area contributed by atoms with Crippen LogP contribution in [0.5, 0.6) is 0 Å². The molecule has 0 aliphatic heterocycles. The second-order valence-corrected chi connectivity index (χ2v) is 4.40. The Hall–Kier alpha value is -0.240. The van der Waals surface area contributed by atoms with E-state index in [1.807, 2.05) is 13.8 Å². The molecule has 1 atom stereocenters. The lowest BCUT2D eigenvalue weighted by Crippen LogP contribution is -2.43. The molecule has 0 aliphatic rings. The lowest BCUT2D eigenvalue weighted by Gasteiger charge is -2.35. The van der Waals surface area contributed by atoms with Crippen LogP contribution in [-0.2, 0) is 0 Å². The molecule has 1 amide bonds. The van der Waals surface area contributed by atoms with E-state index in [1.54, 1.807) is 4.90 Å². The molecule has 0 saturated carbocycles. The van der Waals surface area contributed by atoms with Crippen LogP contribution >= 0.6 is 11.6 Å². The Morgan fingerprint density at radius 1 is 1.50 bits per heavy atom. The number of hydrogen-bond donors (Lipinski definition) is 0. The second kappa shape index (κ2) is 4.13. The Morgan fingerprint density at radius 3 is 2.00 bits per heavy atom. The van der Waals surface area contributed by atoms with Gasteiger partial charge in [-0.05, 0) is 30.9 Å².